The Hall–Kier alpha value is -1.32. The summed E-state index contributed by atoms with van der Waals surface area (Å²) < 4.78 is 0. The molecule has 0 radical (unpaired) electrons. The van der Waals surface area contributed by atoms with Crippen molar-refractivity contribution in [1.29, 1.82) is 5.26 Å². The van der Waals surface area contributed by atoms with Gasteiger partial charge in [0.15, 0.2) is 11.0 Å². The Morgan fingerprint density at radius 2 is 1.95 bits per heavy atom. The van der Waals surface area contributed by atoms with Gasteiger partial charge in [0.05, 0.1) is 6.20 Å². The molecule has 0 spiro atoms. The molecule has 2 saturated heterocycles. The molecule has 0 unspecified atom stereocenters. The minimum Gasteiger partial charge on any atom is -0.355 e. The van der Waals surface area contributed by atoms with E-state index in [4.69, 9.17) is 0 Å². The third-order valence-electron chi connectivity index (χ3n) is 4.47. The second-order valence-electron chi connectivity index (χ2n) is 5.67. The molecule has 2 aliphatic rings. The highest BCUT2D eigenvalue weighted by atomic mass is 32.2. The standard InChI is InChI=1S/C15H21N5S/c1-21-15-17-11-12(10-16)14(18-15)20-8-4-13(5-9-20)19-6-2-3-7-19/h11,13H,2-9H2,1H3. The Kier molecular flexibility index (Phi) is 4.61. The lowest BCUT2D eigenvalue weighted by atomic mass is 10.0. The Labute approximate surface area is 130 Å². The lowest BCUT2D eigenvalue weighted by Crippen LogP contribution is -2.44. The quantitative estimate of drug-likeness (QED) is 0.630. The number of likely N-dealkylation sites (tertiary alicyclic amines) is 1. The van der Waals surface area contributed by atoms with Crippen molar-refractivity contribution in [2.45, 2.75) is 36.9 Å². The van der Waals surface area contributed by atoms with Crippen LogP contribution in [0.4, 0.5) is 5.82 Å². The smallest absolute Gasteiger partial charge is 0.189 e. The summed E-state index contributed by atoms with van der Waals surface area (Å²) in [6, 6.07) is 2.94. The van der Waals surface area contributed by atoms with Crippen LogP contribution in [0.2, 0.25) is 0 Å². The molecule has 0 aliphatic carbocycles. The first-order valence-corrected chi connectivity index (χ1v) is 8.84. The highest BCUT2D eigenvalue weighted by molar-refractivity contribution is 7.98. The zero-order valence-corrected chi connectivity index (χ0v) is 13.3. The van der Waals surface area contributed by atoms with Crippen molar-refractivity contribution in [2.24, 2.45) is 0 Å². The third-order valence-corrected chi connectivity index (χ3v) is 5.03. The number of piperidine rings is 1. The molecule has 112 valence electrons. The van der Waals surface area contributed by atoms with Gasteiger partial charge in [-0.1, -0.05) is 11.8 Å². The normalized spacial score (nSPS) is 20.7. The molecule has 3 rings (SSSR count). The van der Waals surface area contributed by atoms with Crippen molar-refractivity contribution in [3.63, 3.8) is 0 Å². The summed E-state index contributed by atoms with van der Waals surface area (Å²) in [5.41, 5.74) is 0.590. The molecule has 6 heteroatoms. The van der Waals surface area contributed by atoms with Gasteiger partial charge in [-0.25, -0.2) is 9.97 Å². The van der Waals surface area contributed by atoms with Gasteiger partial charge in [-0.3, -0.25) is 0 Å². The van der Waals surface area contributed by atoms with Gasteiger partial charge in [-0.15, -0.1) is 0 Å². The van der Waals surface area contributed by atoms with E-state index in [0.717, 1.165) is 30.1 Å². The predicted octanol–water partition coefficient (Wildman–Crippen LogP) is 2.13. The summed E-state index contributed by atoms with van der Waals surface area (Å²) in [4.78, 5) is 13.6. The SMILES string of the molecule is CSc1ncc(C#N)c(N2CCC(N3CCCC3)CC2)n1. The molecule has 1 aromatic rings. The number of anilines is 1. The van der Waals surface area contributed by atoms with E-state index in [1.807, 2.05) is 6.26 Å². The number of rotatable bonds is 3. The summed E-state index contributed by atoms with van der Waals surface area (Å²) in [7, 11) is 0. The number of hydrogen-bond donors (Lipinski definition) is 0. The van der Waals surface area contributed by atoms with Crippen LogP contribution in [0.25, 0.3) is 0 Å². The van der Waals surface area contributed by atoms with Crippen LogP contribution < -0.4 is 4.90 Å². The Morgan fingerprint density at radius 1 is 1.24 bits per heavy atom. The van der Waals surface area contributed by atoms with E-state index in [9.17, 15) is 5.26 Å². The van der Waals surface area contributed by atoms with Gasteiger partial charge in [0, 0.05) is 19.1 Å². The van der Waals surface area contributed by atoms with Crippen molar-refractivity contribution in [3.05, 3.63) is 11.8 Å². The maximum absolute atomic E-state index is 9.27. The number of aromatic nitrogens is 2. The van der Waals surface area contributed by atoms with Gasteiger partial charge in [-0.2, -0.15) is 5.26 Å². The van der Waals surface area contributed by atoms with E-state index in [1.54, 1.807) is 6.20 Å². The monoisotopic (exact) mass is 303 g/mol. The van der Waals surface area contributed by atoms with Crippen molar-refractivity contribution in [3.8, 4) is 6.07 Å². The van der Waals surface area contributed by atoms with Crippen LogP contribution in [0.15, 0.2) is 11.4 Å². The molecule has 0 atom stereocenters. The van der Waals surface area contributed by atoms with E-state index >= 15 is 0 Å². The summed E-state index contributed by atoms with van der Waals surface area (Å²) in [6.45, 7) is 4.50. The van der Waals surface area contributed by atoms with E-state index in [1.165, 1.54) is 50.5 Å². The first-order chi connectivity index (χ1) is 10.3. The van der Waals surface area contributed by atoms with Crippen molar-refractivity contribution >= 4 is 17.6 Å². The van der Waals surface area contributed by atoms with E-state index in [-0.39, 0.29) is 0 Å². The summed E-state index contributed by atoms with van der Waals surface area (Å²) in [5.74, 6) is 0.816. The topological polar surface area (TPSA) is 56.1 Å². The number of nitriles is 1. The summed E-state index contributed by atoms with van der Waals surface area (Å²) >= 11 is 1.52. The minimum atomic E-state index is 0.590. The molecule has 0 aromatic carbocycles. The summed E-state index contributed by atoms with van der Waals surface area (Å²) in [5, 5.41) is 10.0. The predicted molar refractivity (Wildman–Crippen MR) is 84.6 cm³/mol. The highest BCUT2D eigenvalue weighted by Gasteiger charge is 2.27. The molecule has 0 bridgehead atoms. The molecule has 3 heterocycles. The lowest BCUT2D eigenvalue weighted by molar-refractivity contribution is 0.207. The first kappa shape index (κ1) is 14.6. The van der Waals surface area contributed by atoms with Crippen LogP contribution in [0, 0.1) is 11.3 Å². The van der Waals surface area contributed by atoms with Crippen LogP contribution >= 0.6 is 11.8 Å². The van der Waals surface area contributed by atoms with Crippen LogP contribution in [0.1, 0.15) is 31.2 Å². The van der Waals surface area contributed by atoms with E-state index in [0.29, 0.717) is 5.56 Å². The maximum atomic E-state index is 9.27. The lowest BCUT2D eigenvalue weighted by Gasteiger charge is -2.37. The van der Waals surface area contributed by atoms with Gasteiger partial charge >= 0.3 is 0 Å². The largest absolute Gasteiger partial charge is 0.355 e. The van der Waals surface area contributed by atoms with Gasteiger partial charge in [0.25, 0.3) is 0 Å². The van der Waals surface area contributed by atoms with E-state index in [2.05, 4.69) is 25.8 Å². The molecular weight excluding hydrogens is 282 g/mol. The van der Waals surface area contributed by atoms with Crippen molar-refractivity contribution in [2.75, 3.05) is 37.3 Å². The van der Waals surface area contributed by atoms with E-state index < -0.39 is 0 Å². The minimum absolute atomic E-state index is 0.590. The van der Waals surface area contributed by atoms with Crippen LogP contribution in [-0.2, 0) is 0 Å². The fraction of sp³-hybridized carbons (Fsp3) is 0.667. The maximum Gasteiger partial charge on any atom is 0.189 e. The van der Waals surface area contributed by atoms with Gasteiger partial charge in [0.2, 0.25) is 0 Å². The number of hydrogen-bond acceptors (Lipinski definition) is 6. The molecule has 0 amide bonds. The van der Waals surface area contributed by atoms with Gasteiger partial charge in [0.1, 0.15) is 11.6 Å². The highest BCUT2D eigenvalue weighted by Crippen LogP contribution is 2.26. The molecule has 21 heavy (non-hydrogen) atoms. The average molecular weight is 303 g/mol. The fourth-order valence-electron chi connectivity index (χ4n) is 3.33. The average Bonchev–Trinajstić information content (AvgIpc) is 3.09. The van der Waals surface area contributed by atoms with Crippen LogP contribution in [0.3, 0.4) is 0 Å². The molecule has 5 nitrogen and oxygen atoms in total. The number of thioether (sulfide) groups is 1. The number of nitrogens with zero attached hydrogens (tertiary/aromatic N) is 5. The first-order valence-electron chi connectivity index (χ1n) is 7.62. The Bertz CT molecular complexity index is 527. The third kappa shape index (κ3) is 3.14. The second kappa shape index (κ2) is 6.63. The molecule has 1 aromatic heterocycles. The zero-order valence-electron chi connectivity index (χ0n) is 12.5. The summed E-state index contributed by atoms with van der Waals surface area (Å²) in [6.07, 6.45) is 8.65. The second-order valence-corrected chi connectivity index (χ2v) is 6.44. The van der Waals surface area contributed by atoms with Gasteiger partial charge in [-0.05, 0) is 45.0 Å². The Morgan fingerprint density at radius 3 is 2.57 bits per heavy atom. The van der Waals surface area contributed by atoms with Crippen LogP contribution in [-0.4, -0.2) is 53.3 Å². The van der Waals surface area contributed by atoms with Crippen LogP contribution in [0.5, 0.6) is 0 Å². The molecule has 2 fully saturated rings. The molecular formula is C15H21N5S. The fourth-order valence-corrected chi connectivity index (χ4v) is 3.66. The molecule has 0 saturated carbocycles. The van der Waals surface area contributed by atoms with Crippen molar-refractivity contribution in [1.82, 2.24) is 14.9 Å². The molecule has 2 aliphatic heterocycles. The molecule has 0 N–H and O–H groups in total. The van der Waals surface area contributed by atoms with Crippen molar-refractivity contribution < 1.29 is 0 Å². The zero-order chi connectivity index (χ0) is 14.7. The Balaban J connectivity index is 1.70. The van der Waals surface area contributed by atoms with Gasteiger partial charge < -0.3 is 9.80 Å².